The number of thioether (sulfide) groups is 1. The maximum absolute atomic E-state index is 3.73. The van der Waals surface area contributed by atoms with Gasteiger partial charge in [0, 0.05) is 24.9 Å². The van der Waals surface area contributed by atoms with E-state index in [9.17, 15) is 0 Å². The fourth-order valence-corrected chi connectivity index (χ4v) is 4.94. The molecule has 1 N–H and O–H groups in total. The van der Waals surface area contributed by atoms with Crippen LogP contribution in [0.2, 0.25) is 0 Å². The van der Waals surface area contributed by atoms with Crippen molar-refractivity contribution >= 4 is 11.8 Å². The quantitative estimate of drug-likeness (QED) is 0.607. The smallest absolute Gasteiger partial charge is 0.0180 e. The molecule has 3 unspecified atom stereocenters. The highest BCUT2D eigenvalue weighted by Crippen LogP contribution is 2.40. The predicted molar refractivity (Wildman–Crippen MR) is 98.3 cm³/mol. The average Bonchev–Trinajstić information content (AvgIpc) is 2.44. The van der Waals surface area contributed by atoms with Gasteiger partial charge in [0.2, 0.25) is 0 Å². The van der Waals surface area contributed by atoms with Crippen molar-refractivity contribution in [2.75, 3.05) is 38.7 Å². The monoisotopic (exact) mass is 314 g/mol. The Hall–Kier alpha value is 0.270. The second kappa shape index (κ2) is 10.1. The molecule has 1 aliphatic rings. The zero-order chi connectivity index (χ0) is 15.7. The van der Waals surface area contributed by atoms with E-state index in [1.165, 1.54) is 63.9 Å². The fraction of sp³-hybridized carbons (Fsp3) is 1.00. The van der Waals surface area contributed by atoms with Crippen molar-refractivity contribution in [3.8, 4) is 0 Å². The maximum atomic E-state index is 3.73. The zero-order valence-electron chi connectivity index (χ0n) is 15.1. The summed E-state index contributed by atoms with van der Waals surface area (Å²) in [6, 6.07) is 0.736. The molecule has 0 bridgehead atoms. The van der Waals surface area contributed by atoms with Crippen LogP contribution in [-0.4, -0.2) is 49.6 Å². The summed E-state index contributed by atoms with van der Waals surface area (Å²) in [7, 11) is 2.35. The Balaban J connectivity index is 2.66. The van der Waals surface area contributed by atoms with E-state index in [0.717, 1.165) is 12.0 Å². The molecule has 3 atom stereocenters. The Morgan fingerprint density at radius 1 is 1.38 bits per heavy atom. The van der Waals surface area contributed by atoms with Crippen LogP contribution in [0.3, 0.4) is 0 Å². The molecule has 2 nitrogen and oxygen atoms in total. The van der Waals surface area contributed by atoms with Crippen molar-refractivity contribution in [1.82, 2.24) is 10.2 Å². The molecule has 0 amide bonds. The Bertz CT molecular complexity index is 272. The summed E-state index contributed by atoms with van der Waals surface area (Å²) in [5.74, 6) is 2.16. The van der Waals surface area contributed by atoms with Crippen LogP contribution in [0.5, 0.6) is 0 Å². The first-order valence-corrected chi connectivity index (χ1v) is 10.4. The standard InChI is InChI=1S/C18H38N2S/c1-6-11-19-14-18(10-8-9-16(3)12-18)15-20(4)17(7-2)13-21-5/h16-17,19H,6-15H2,1-5H3. The van der Waals surface area contributed by atoms with E-state index >= 15 is 0 Å². The van der Waals surface area contributed by atoms with Gasteiger partial charge in [-0.05, 0) is 56.9 Å². The molecule has 0 radical (unpaired) electrons. The Kier molecular flexibility index (Phi) is 9.31. The summed E-state index contributed by atoms with van der Waals surface area (Å²) >= 11 is 1.99. The Morgan fingerprint density at radius 2 is 2.14 bits per heavy atom. The Labute approximate surface area is 137 Å². The van der Waals surface area contributed by atoms with Crippen molar-refractivity contribution in [3.63, 3.8) is 0 Å². The lowest BCUT2D eigenvalue weighted by Gasteiger charge is -2.44. The average molecular weight is 315 g/mol. The molecular weight excluding hydrogens is 276 g/mol. The normalized spacial score (nSPS) is 28.0. The molecule has 1 saturated carbocycles. The van der Waals surface area contributed by atoms with Crippen LogP contribution in [0, 0.1) is 11.3 Å². The molecule has 0 aliphatic heterocycles. The Morgan fingerprint density at radius 3 is 2.71 bits per heavy atom. The van der Waals surface area contributed by atoms with Gasteiger partial charge in [0.15, 0.2) is 0 Å². The molecule has 1 rings (SSSR count). The van der Waals surface area contributed by atoms with Crippen LogP contribution in [0.15, 0.2) is 0 Å². The SMILES string of the molecule is CCCNCC1(CN(C)C(CC)CSC)CCCC(C)C1. The molecule has 0 spiro atoms. The van der Waals surface area contributed by atoms with Gasteiger partial charge in [-0.1, -0.05) is 33.6 Å². The second-order valence-electron chi connectivity index (χ2n) is 7.31. The number of nitrogens with zero attached hydrogens (tertiary/aromatic N) is 1. The van der Waals surface area contributed by atoms with Gasteiger partial charge in [-0.2, -0.15) is 11.8 Å². The third-order valence-electron chi connectivity index (χ3n) is 5.15. The van der Waals surface area contributed by atoms with Crippen LogP contribution < -0.4 is 5.32 Å². The first kappa shape index (κ1) is 19.3. The molecule has 0 saturated heterocycles. The van der Waals surface area contributed by atoms with E-state index in [1.54, 1.807) is 0 Å². The van der Waals surface area contributed by atoms with Crippen LogP contribution in [0.25, 0.3) is 0 Å². The lowest BCUT2D eigenvalue weighted by molar-refractivity contribution is 0.0761. The summed E-state index contributed by atoms with van der Waals surface area (Å²) in [5.41, 5.74) is 0.507. The molecule has 0 aromatic heterocycles. The van der Waals surface area contributed by atoms with Crippen LogP contribution >= 0.6 is 11.8 Å². The van der Waals surface area contributed by atoms with Crippen molar-refractivity contribution < 1.29 is 0 Å². The molecule has 0 heterocycles. The lowest BCUT2D eigenvalue weighted by atomic mass is 9.69. The highest BCUT2D eigenvalue weighted by atomic mass is 32.2. The number of nitrogens with one attached hydrogen (secondary N) is 1. The van der Waals surface area contributed by atoms with Gasteiger partial charge in [-0.25, -0.2) is 0 Å². The summed E-state index contributed by atoms with van der Waals surface area (Å²) in [5, 5.41) is 3.73. The van der Waals surface area contributed by atoms with Crippen molar-refractivity contribution in [3.05, 3.63) is 0 Å². The zero-order valence-corrected chi connectivity index (χ0v) is 15.9. The van der Waals surface area contributed by atoms with E-state index in [0.29, 0.717) is 5.41 Å². The fourth-order valence-electron chi connectivity index (χ4n) is 4.07. The van der Waals surface area contributed by atoms with Crippen LogP contribution in [-0.2, 0) is 0 Å². The van der Waals surface area contributed by atoms with Crippen molar-refractivity contribution in [2.24, 2.45) is 11.3 Å². The number of rotatable bonds is 10. The maximum Gasteiger partial charge on any atom is 0.0180 e. The van der Waals surface area contributed by atoms with Gasteiger partial charge < -0.3 is 10.2 Å². The van der Waals surface area contributed by atoms with Crippen molar-refractivity contribution in [2.45, 2.75) is 65.3 Å². The summed E-state index contributed by atoms with van der Waals surface area (Å²) in [4.78, 5) is 2.65. The minimum absolute atomic E-state index is 0.507. The second-order valence-corrected chi connectivity index (χ2v) is 8.22. The first-order valence-electron chi connectivity index (χ1n) is 8.96. The molecule has 21 heavy (non-hydrogen) atoms. The van der Waals surface area contributed by atoms with E-state index in [-0.39, 0.29) is 0 Å². The van der Waals surface area contributed by atoms with E-state index in [1.807, 2.05) is 11.8 Å². The molecule has 1 fully saturated rings. The van der Waals surface area contributed by atoms with E-state index in [2.05, 4.69) is 44.3 Å². The third kappa shape index (κ3) is 6.50. The van der Waals surface area contributed by atoms with Crippen LogP contribution in [0.4, 0.5) is 0 Å². The molecule has 126 valence electrons. The van der Waals surface area contributed by atoms with Gasteiger partial charge in [-0.15, -0.1) is 0 Å². The highest BCUT2D eigenvalue weighted by Gasteiger charge is 2.36. The summed E-state index contributed by atoms with van der Waals surface area (Å²) in [6.07, 6.45) is 10.4. The minimum atomic E-state index is 0.507. The van der Waals surface area contributed by atoms with Crippen LogP contribution in [0.1, 0.15) is 59.3 Å². The topological polar surface area (TPSA) is 15.3 Å². The summed E-state index contributed by atoms with van der Waals surface area (Å²) < 4.78 is 0. The van der Waals surface area contributed by atoms with Gasteiger partial charge in [-0.3, -0.25) is 0 Å². The number of hydrogen-bond acceptors (Lipinski definition) is 3. The molecule has 0 aromatic carbocycles. The van der Waals surface area contributed by atoms with Gasteiger partial charge in [0.25, 0.3) is 0 Å². The van der Waals surface area contributed by atoms with Gasteiger partial charge >= 0.3 is 0 Å². The third-order valence-corrected chi connectivity index (χ3v) is 5.87. The largest absolute Gasteiger partial charge is 0.316 e. The van der Waals surface area contributed by atoms with E-state index < -0.39 is 0 Å². The van der Waals surface area contributed by atoms with Crippen molar-refractivity contribution in [1.29, 1.82) is 0 Å². The van der Waals surface area contributed by atoms with Gasteiger partial charge in [0.1, 0.15) is 0 Å². The first-order chi connectivity index (χ1) is 10.1. The van der Waals surface area contributed by atoms with Gasteiger partial charge in [0.05, 0.1) is 0 Å². The minimum Gasteiger partial charge on any atom is -0.316 e. The lowest BCUT2D eigenvalue weighted by Crippen LogP contribution is -2.48. The summed E-state index contributed by atoms with van der Waals surface area (Å²) in [6.45, 7) is 10.7. The number of hydrogen-bond donors (Lipinski definition) is 1. The molecular formula is C18H38N2S. The highest BCUT2D eigenvalue weighted by molar-refractivity contribution is 7.98. The predicted octanol–water partition coefficient (Wildman–Crippen LogP) is 4.26. The molecule has 3 heteroatoms. The molecule has 0 aromatic rings. The molecule has 1 aliphatic carbocycles. The van der Waals surface area contributed by atoms with E-state index in [4.69, 9.17) is 0 Å².